The van der Waals surface area contributed by atoms with Gasteiger partial charge in [-0.25, -0.2) is 0 Å². The minimum absolute atomic E-state index is 0.0675. The van der Waals surface area contributed by atoms with Gasteiger partial charge in [0.1, 0.15) is 6.04 Å². The van der Waals surface area contributed by atoms with E-state index in [0.29, 0.717) is 32.5 Å². The number of amides is 1. The van der Waals surface area contributed by atoms with Crippen LogP contribution in [0, 0.1) is 12.8 Å². The van der Waals surface area contributed by atoms with Crippen LogP contribution in [0.15, 0.2) is 22.7 Å². The minimum atomic E-state index is -0.301. The first-order valence-corrected chi connectivity index (χ1v) is 9.19. The molecule has 0 spiro atoms. The van der Waals surface area contributed by atoms with E-state index in [-0.39, 0.29) is 23.8 Å². The lowest BCUT2D eigenvalue weighted by molar-refractivity contribution is -0.151. The van der Waals surface area contributed by atoms with E-state index >= 15 is 0 Å². The highest BCUT2D eigenvalue weighted by Crippen LogP contribution is 2.22. The van der Waals surface area contributed by atoms with Crippen LogP contribution in [0.5, 0.6) is 0 Å². The van der Waals surface area contributed by atoms with Crippen LogP contribution in [0.4, 0.5) is 5.69 Å². The van der Waals surface area contributed by atoms with Crippen molar-refractivity contribution in [2.75, 3.05) is 25.0 Å². The van der Waals surface area contributed by atoms with Gasteiger partial charge in [-0.05, 0) is 57.4 Å². The summed E-state index contributed by atoms with van der Waals surface area (Å²) in [4.78, 5) is 26.2. The molecule has 1 aliphatic heterocycles. The third-order valence-electron chi connectivity index (χ3n) is 4.34. The van der Waals surface area contributed by atoms with Gasteiger partial charge in [-0.2, -0.15) is 0 Å². The number of carbonyl (C=O) groups excluding carboxylic acids is 2. The van der Waals surface area contributed by atoms with Crippen molar-refractivity contribution in [2.45, 2.75) is 39.7 Å². The Morgan fingerprint density at radius 1 is 1.38 bits per heavy atom. The second-order valence-corrected chi connectivity index (χ2v) is 7.04. The molecule has 5 nitrogen and oxygen atoms in total. The van der Waals surface area contributed by atoms with Crippen LogP contribution in [0.25, 0.3) is 0 Å². The number of nitrogens with one attached hydrogen (secondary N) is 1. The Morgan fingerprint density at radius 2 is 2.04 bits per heavy atom. The smallest absolute Gasteiger partial charge is 0.309 e. The average Bonchev–Trinajstić information content (AvgIpc) is 2.58. The summed E-state index contributed by atoms with van der Waals surface area (Å²) in [6.07, 6.45) is 1.35. The SMILES string of the molecule is CCOC(=O)C1CCN(C(=O)C(C)Nc2ccc(Br)c(C)c2)CC1. The standard InChI is InChI=1S/C18H25BrN2O3/c1-4-24-18(23)14-7-9-21(10-8-14)17(22)13(3)20-15-5-6-16(19)12(2)11-15/h5-6,11,13-14,20H,4,7-10H2,1-3H3. The molecule has 1 atom stereocenters. The monoisotopic (exact) mass is 396 g/mol. The molecule has 1 N–H and O–H groups in total. The van der Waals surface area contributed by atoms with Crippen LogP contribution in [0.1, 0.15) is 32.3 Å². The van der Waals surface area contributed by atoms with Crippen molar-refractivity contribution in [1.82, 2.24) is 4.90 Å². The Hall–Kier alpha value is -1.56. The third kappa shape index (κ3) is 4.72. The summed E-state index contributed by atoms with van der Waals surface area (Å²) in [6.45, 7) is 7.32. The quantitative estimate of drug-likeness (QED) is 0.775. The number of ether oxygens (including phenoxy) is 1. The molecule has 0 saturated carbocycles. The summed E-state index contributed by atoms with van der Waals surface area (Å²) in [5.74, 6) is -0.148. The van der Waals surface area contributed by atoms with Gasteiger partial charge < -0.3 is 15.0 Å². The third-order valence-corrected chi connectivity index (χ3v) is 5.23. The Kier molecular flexibility index (Phi) is 6.66. The summed E-state index contributed by atoms with van der Waals surface area (Å²) >= 11 is 3.47. The highest BCUT2D eigenvalue weighted by molar-refractivity contribution is 9.10. The second kappa shape index (κ2) is 8.51. The fraction of sp³-hybridized carbons (Fsp3) is 0.556. The molecule has 1 aromatic rings. The molecule has 1 unspecified atom stereocenters. The number of likely N-dealkylation sites (tertiary alicyclic amines) is 1. The van der Waals surface area contributed by atoms with E-state index < -0.39 is 0 Å². The summed E-state index contributed by atoms with van der Waals surface area (Å²) in [7, 11) is 0. The summed E-state index contributed by atoms with van der Waals surface area (Å²) in [5, 5.41) is 3.26. The molecule has 1 aliphatic rings. The van der Waals surface area contributed by atoms with E-state index in [9.17, 15) is 9.59 Å². The van der Waals surface area contributed by atoms with E-state index in [4.69, 9.17) is 4.74 Å². The molecule has 1 heterocycles. The largest absolute Gasteiger partial charge is 0.466 e. The second-order valence-electron chi connectivity index (χ2n) is 6.18. The van der Waals surface area contributed by atoms with Gasteiger partial charge in [0.05, 0.1) is 12.5 Å². The molecule has 1 fully saturated rings. The molecular formula is C18H25BrN2O3. The predicted molar refractivity (Wildman–Crippen MR) is 97.9 cm³/mol. The maximum Gasteiger partial charge on any atom is 0.309 e. The van der Waals surface area contributed by atoms with Gasteiger partial charge in [0.15, 0.2) is 0 Å². The maximum absolute atomic E-state index is 12.6. The number of nitrogens with zero attached hydrogens (tertiary/aromatic N) is 1. The molecule has 132 valence electrons. The van der Waals surface area contributed by atoms with E-state index in [2.05, 4.69) is 21.2 Å². The van der Waals surface area contributed by atoms with Crippen LogP contribution < -0.4 is 5.32 Å². The normalized spacial score (nSPS) is 16.6. The molecule has 0 radical (unpaired) electrons. The summed E-state index contributed by atoms with van der Waals surface area (Å²) < 4.78 is 6.11. The number of benzene rings is 1. The number of hydrogen-bond acceptors (Lipinski definition) is 4. The lowest BCUT2D eigenvalue weighted by Gasteiger charge is -2.33. The van der Waals surface area contributed by atoms with Gasteiger partial charge in [0.2, 0.25) is 5.91 Å². The molecule has 1 aromatic carbocycles. The van der Waals surface area contributed by atoms with Crippen molar-refractivity contribution in [1.29, 1.82) is 0 Å². The van der Waals surface area contributed by atoms with Gasteiger partial charge in [-0.15, -0.1) is 0 Å². The van der Waals surface area contributed by atoms with E-state index in [1.165, 1.54) is 0 Å². The molecule has 1 saturated heterocycles. The lowest BCUT2D eigenvalue weighted by atomic mass is 9.96. The predicted octanol–water partition coefficient (Wildman–Crippen LogP) is 3.36. The Balaban J connectivity index is 1.87. The molecule has 2 rings (SSSR count). The number of carbonyl (C=O) groups is 2. The Bertz CT molecular complexity index is 598. The summed E-state index contributed by atoms with van der Waals surface area (Å²) in [6, 6.07) is 5.64. The number of rotatable bonds is 5. The number of aryl methyl sites for hydroxylation is 1. The molecular weight excluding hydrogens is 372 g/mol. The minimum Gasteiger partial charge on any atom is -0.466 e. The Labute approximate surface area is 151 Å². The van der Waals surface area contributed by atoms with Crippen molar-refractivity contribution in [3.8, 4) is 0 Å². The first-order valence-electron chi connectivity index (χ1n) is 8.40. The van der Waals surface area contributed by atoms with Crippen LogP contribution in [-0.4, -0.2) is 42.5 Å². The number of piperidine rings is 1. The molecule has 6 heteroatoms. The molecule has 24 heavy (non-hydrogen) atoms. The van der Waals surface area contributed by atoms with E-state index in [1.54, 1.807) is 0 Å². The van der Waals surface area contributed by atoms with Crippen molar-refractivity contribution in [3.63, 3.8) is 0 Å². The van der Waals surface area contributed by atoms with Gasteiger partial charge >= 0.3 is 5.97 Å². The van der Waals surface area contributed by atoms with E-state index in [1.807, 2.05) is 43.9 Å². The zero-order valence-corrected chi connectivity index (χ0v) is 16.1. The molecule has 0 aliphatic carbocycles. The van der Waals surface area contributed by atoms with Crippen LogP contribution in [-0.2, 0) is 14.3 Å². The van der Waals surface area contributed by atoms with Crippen LogP contribution in [0.2, 0.25) is 0 Å². The lowest BCUT2D eigenvalue weighted by Crippen LogP contribution is -2.46. The highest BCUT2D eigenvalue weighted by atomic mass is 79.9. The topological polar surface area (TPSA) is 58.6 Å². The van der Waals surface area contributed by atoms with Crippen molar-refractivity contribution >= 4 is 33.5 Å². The maximum atomic E-state index is 12.6. The summed E-state index contributed by atoms with van der Waals surface area (Å²) in [5.41, 5.74) is 2.05. The van der Waals surface area contributed by atoms with Gasteiger partial charge in [-0.3, -0.25) is 9.59 Å². The zero-order valence-electron chi connectivity index (χ0n) is 14.5. The van der Waals surface area contributed by atoms with Crippen molar-refractivity contribution < 1.29 is 14.3 Å². The van der Waals surface area contributed by atoms with Crippen molar-refractivity contribution in [3.05, 3.63) is 28.2 Å². The molecule has 0 bridgehead atoms. The molecule has 0 aromatic heterocycles. The van der Waals surface area contributed by atoms with Crippen LogP contribution in [0.3, 0.4) is 0 Å². The number of halogens is 1. The first-order chi connectivity index (χ1) is 11.4. The van der Waals surface area contributed by atoms with Crippen LogP contribution >= 0.6 is 15.9 Å². The number of hydrogen-bond donors (Lipinski definition) is 1. The van der Waals surface area contributed by atoms with E-state index in [0.717, 1.165) is 15.7 Å². The Morgan fingerprint density at radius 3 is 2.62 bits per heavy atom. The van der Waals surface area contributed by atoms with Gasteiger partial charge in [0, 0.05) is 23.2 Å². The average molecular weight is 397 g/mol. The fourth-order valence-electron chi connectivity index (χ4n) is 2.92. The first kappa shape index (κ1) is 18.8. The number of esters is 1. The number of anilines is 1. The van der Waals surface area contributed by atoms with Gasteiger partial charge in [0.25, 0.3) is 0 Å². The highest BCUT2D eigenvalue weighted by Gasteiger charge is 2.30. The molecule has 1 amide bonds. The zero-order chi connectivity index (χ0) is 17.7. The van der Waals surface area contributed by atoms with Crippen molar-refractivity contribution in [2.24, 2.45) is 5.92 Å². The van der Waals surface area contributed by atoms with Gasteiger partial charge in [-0.1, -0.05) is 15.9 Å². The fourth-order valence-corrected chi connectivity index (χ4v) is 3.16.